The quantitative estimate of drug-likeness (QED) is 0.840. The van der Waals surface area contributed by atoms with Gasteiger partial charge in [0.2, 0.25) is 5.91 Å². The molecule has 0 bridgehead atoms. The lowest BCUT2D eigenvalue weighted by molar-refractivity contribution is -0.132. The molecule has 3 heterocycles. The lowest BCUT2D eigenvalue weighted by atomic mass is 10.00. The maximum Gasteiger partial charge on any atom is 0.224 e. The average molecular weight is 338 g/mol. The van der Waals surface area contributed by atoms with Crippen LogP contribution in [-0.2, 0) is 24.3 Å². The van der Waals surface area contributed by atoms with Gasteiger partial charge in [-0.05, 0) is 43.0 Å². The number of amides is 1. The summed E-state index contributed by atoms with van der Waals surface area (Å²) >= 11 is 0. The molecule has 1 saturated heterocycles. The Bertz CT molecular complexity index is 712. The number of hydrogen-bond donors (Lipinski definition) is 0. The van der Waals surface area contributed by atoms with Gasteiger partial charge < -0.3 is 4.90 Å². The van der Waals surface area contributed by atoms with Crippen LogP contribution in [0.5, 0.6) is 0 Å². The topological polar surface area (TPSA) is 41.4 Å². The van der Waals surface area contributed by atoms with Crippen molar-refractivity contribution in [3.63, 3.8) is 0 Å². The van der Waals surface area contributed by atoms with E-state index in [1.165, 1.54) is 24.0 Å². The van der Waals surface area contributed by atoms with Crippen LogP contribution in [0.15, 0.2) is 42.7 Å². The van der Waals surface area contributed by atoms with Crippen molar-refractivity contribution in [1.29, 1.82) is 0 Å². The molecule has 1 atom stereocenters. The van der Waals surface area contributed by atoms with Gasteiger partial charge in [0.1, 0.15) is 0 Å². The molecule has 2 aromatic rings. The number of carbonyl (C=O) groups is 1. The molecule has 0 radical (unpaired) electrons. The lowest BCUT2D eigenvalue weighted by Crippen LogP contribution is -2.39. The minimum atomic E-state index is 0.291. The molecular weight excluding hydrogens is 312 g/mol. The first-order valence-electron chi connectivity index (χ1n) is 9.35. The normalized spacial score (nSPS) is 20.6. The maximum absolute atomic E-state index is 12.7. The van der Waals surface area contributed by atoms with E-state index >= 15 is 0 Å². The van der Waals surface area contributed by atoms with E-state index in [1.807, 2.05) is 28.0 Å². The third-order valence-electron chi connectivity index (χ3n) is 5.55. The minimum absolute atomic E-state index is 0.291. The number of aromatic nitrogens is 2. The fourth-order valence-electron chi connectivity index (χ4n) is 4.13. The first-order valence-corrected chi connectivity index (χ1v) is 9.35. The predicted octanol–water partition coefficient (Wildman–Crippen LogP) is 2.32. The van der Waals surface area contributed by atoms with Crippen LogP contribution in [-0.4, -0.2) is 51.2 Å². The van der Waals surface area contributed by atoms with Gasteiger partial charge in [0.15, 0.2) is 0 Å². The van der Waals surface area contributed by atoms with Gasteiger partial charge in [-0.3, -0.25) is 14.4 Å². The Morgan fingerprint density at radius 1 is 1.16 bits per heavy atom. The number of hydrogen-bond acceptors (Lipinski definition) is 3. The molecule has 0 N–H and O–H groups in total. The largest absolute Gasteiger partial charge is 0.338 e. The Morgan fingerprint density at radius 3 is 2.88 bits per heavy atom. The van der Waals surface area contributed by atoms with Crippen LogP contribution in [0.25, 0.3) is 0 Å². The predicted molar refractivity (Wildman–Crippen MR) is 97.0 cm³/mol. The van der Waals surface area contributed by atoms with E-state index in [4.69, 9.17) is 0 Å². The summed E-state index contributed by atoms with van der Waals surface area (Å²) in [6.07, 6.45) is 7.87. The molecule has 0 spiro atoms. The Kier molecular flexibility index (Phi) is 4.83. The molecule has 1 amide bonds. The highest BCUT2D eigenvalue weighted by Gasteiger charge is 2.26. The van der Waals surface area contributed by atoms with E-state index in [0.29, 0.717) is 18.4 Å². The van der Waals surface area contributed by atoms with Gasteiger partial charge in [-0.25, -0.2) is 0 Å². The second-order valence-electron chi connectivity index (χ2n) is 7.14. The van der Waals surface area contributed by atoms with Crippen molar-refractivity contribution in [2.45, 2.75) is 44.8 Å². The number of nitrogens with zero attached hydrogens (tertiary/aromatic N) is 4. The molecule has 4 rings (SSSR count). The van der Waals surface area contributed by atoms with Crippen molar-refractivity contribution >= 4 is 5.91 Å². The summed E-state index contributed by atoms with van der Waals surface area (Å²) < 4.78 is 2.01. The van der Waals surface area contributed by atoms with Crippen molar-refractivity contribution in [2.24, 2.45) is 0 Å². The van der Waals surface area contributed by atoms with E-state index in [0.717, 1.165) is 39.1 Å². The van der Waals surface area contributed by atoms with Gasteiger partial charge in [-0.15, -0.1) is 0 Å². The zero-order valence-electron chi connectivity index (χ0n) is 14.7. The fourth-order valence-corrected chi connectivity index (χ4v) is 4.13. The van der Waals surface area contributed by atoms with Crippen molar-refractivity contribution in [3.8, 4) is 0 Å². The van der Waals surface area contributed by atoms with Crippen LogP contribution in [0.2, 0.25) is 0 Å². The Labute approximate surface area is 149 Å². The van der Waals surface area contributed by atoms with Crippen molar-refractivity contribution in [2.75, 3.05) is 19.6 Å². The highest BCUT2D eigenvalue weighted by molar-refractivity contribution is 5.76. The van der Waals surface area contributed by atoms with Crippen LogP contribution in [0, 0.1) is 0 Å². The van der Waals surface area contributed by atoms with E-state index in [1.54, 1.807) is 0 Å². The lowest BCUT2D eigenvalue weighted by Gasteiger charge is -2.30. The molecule has 1 unspecified atom stereocenters. The molecule has 132 valence electrons. The van der Waals surface area contributed by atoms with Crippen LogP contribution < -0.4 is 0 Å². The molecule has 5 heteroatoms. The highest BCUT2D eigenvalue weighted by atomic mass is 16.2. The van der Waals surface area contributed by atoms with E-state index in [-0.39, 0.29) is 0 Å². The Morgan fingerprint density at radius 2 is 2.04 bits per heavy atom. The first kappa shape index (κ1) is 16.3. The van der Waals surface area contributed by atoms with Crippen molar-refractivity contribution < 1.29 is 4.79 Å². The molecule has 1 aromatic heterocycles. The molecule has 1 fully saturated rings. The summed E-state index contributed by atoms with van der Waals surface area (Å²) in [4.78, 5) is 17.2. The number of carbonyl (C=O) groups excluding carboxylic acids is 1. The van der Waals surface area contributed by atoms with Crippen LogP contribution >= 0.6 is 0 Å². The Hall–Kier alpha value is -2.14. The molecule has 25 heavy (non-hydrogen) atoms. The number of likely N-dealkylation sites (tertiary alicyclic amines) is 1. The number of rotatable bonds is 5. The molecule has 2 aliphatic heterocycles. The van der Waals surface area contributed by atoms with Gasteiger partial charge in [0.25, 0.3) is 0 Å². The van der Waals surface area contributed by atoms with Crippen LogP contribution in [0.3, 0.4) is 0 Å². The number of benzene rings is 1. The summed E-state index contributed by atoms with van der Waals surface area (Å²) in [5.74, 6) is 0.291. The standard InChI is InChI=1S/C20H26N4O/c25-20(23-13-8-17-5-1-2-6-18(17)15-23)9-14-22-11-3-7-19(22)16-24-12-4-10-21-24/h1-2,4-6,10,12,19H,3,7-9,11,13-16H2. The third-order valence-corrected chi connectivity index (χ3v) is 5.55. The molecule has 0 aliphatic carbocycles. The summed E-state index contributed by atoms with van der Waals surface area (Å²) in [5.41, 5.74) is 2.70. The van der Waals surface area contributed by atoms with E-state index in [9.17, 15) is 4.79 Å². The zero-order chi connectivity index (χ0) is 17.1. The van der Waals surface area contributed by atoms with Crippen LogP contribution in [0.1, 0.15) is 30.4 Å². The maximum atomic E-state index is 12.7. The monoisotopic (exact) mass is 338 g/mol. The number of fused-ring (bicyclic) bond motifs is 1. The second kappa shape index (κ2) is 7.40. The summed E-state index contributed by atoms with van der Waals surface area (Å²) in [6, 6.07) is 11.0. The smallest absolute Gasteiger partial charge is 0.224 e. The summed E-state index contributed by atoms with van der Waals surface area (Å²) in [6.45, 7) is 4.52. The van der Waals surface area contributed by atoms with Gasteiger partial charge in [0, 0.05) is 44.5 Å². The third kappa shape index (κ3) is 3.76. The second-order valence-corrected chi connectivity index (χ2v) is 7.14. The van der Waals surface area contributed by atoms with E-state index < -0.39 is 0 Å². The van der Waals surface area contributed by atoms with Gasteiger partial charge in [-0.2, -0.15) is 5.10 Å². The van der Waals surface area contributed by atoms with Gasteiger partial charge in [0.05, 0.1) is 6.54 Å². The Balaban J connectivity index is 1.30. The van der Waals surface area contributed by atoms with Crippen molar-refractivity contribution in [3.05, 3.63) is 53.9 Å². The molecule has 2 aliphatic rings. The summed E-state index contributed by atoms with van der Waals surface area (Å²) in [7, 11) is 0. The highest BCUT2D eigenvalue weighted by Crippen LogP contribution is 2.21. The first-order chi connectivity index (χ1) is 12.3. The molecule has 0 saturated carbocycles. The van der Waals surface area contributed by atoms with Gasteiger partial charge >= 0.3 is 0 Å². The summed E-state index contributed by atoms with van der Waals surface area (Å²) in [5, 5.41) is 4.32. The molecule has 5 nitrogen and oxygen atoms in total. The van der Waals surface area contributed by atoms with Gasteiger partial charge in [-0.1, -0.05) is 24.3 Å². The van der Waals surface area contributed by atoms with E-state index in [2.05, 4.69) is 34.3 Å². The minimum Gasteiger partial charge on any atom is -0.338 e. The zero-order valence-corrected chi connectivity index (χ0v) is 14.7. The molecule has 1 aromatic carbocycles. The fraction of sp³-hybridized carbons (Fsp3) is 0.500. The molecular formula is C20H26N4O. The SMILES string of the molecule is O=C(CCN1CCCC1Cn1cccn1)N1CCc2ccccc2C1. The average Bonchev–Trinajstić information content (AvgIpc) is 3.32. The van der Waals surface area contributed by atoms with Crippen LogP contribution in [0.4, 0.5) is 0 Å². The van der Waals surface area contributed by atoms with Crippen molar-refractivity contribution in [1.82, 2.24) is 19.6 Å².